The molecule has 0 saturated heterocycles. The Morgan fingerprint density at radius 2 is 1.81 bits per heavy atom. The van der Waals surface area contributed by atoms with Crippen molar-refractivity contribution in [2.45, 2.75) is 46.6 Å². The summed E-state index contributed by atoms with van der Waals surface area (Å²) in [6.07, 6.45) is 0.357. The Balaban J connectivity index is 2.09. The molecule has 2 aromatic rings. The number of ether oxygens (including phenoxy) is 1. The second-order valence-corrected chi connectivity index (χ2v) is 6.25. The monoisotopic (exact) mass is 354 g/mol. The van der Waals surface area contributed by atoms with E-state index in [1.54, 1.807) is 13.0 Å². The highest BCUT2D eigenvalue weighted by molar-refractivity contribution is 5.96. The molecule has 138 valence electrons. The molecule has 0 aliphatic rings. The molecular formula is C21H26N2O3. The number of amides is 2. The molecule has 5 nitrogen and oxygen atoms in total. The highest BCUT2D eigenvalue weighted by atomic mass is 16.5. The number of hydrogen-bond donors (Lipinski definition) is 2. The van der Waals surface area contributed by atoms with Crippen molar-refractivity contribution in [2.24, 2.45) is 0 Å². The van der Waals surface area contributed by atoms with Crippen molar-refractivity contribution in [3.8, 4) is 5.75 Å². The molecule has 0 heterocycles. The molecule has 0 bridgehead atoms. The minimum absolute atomic E-state index is 0.0641. The van der Waals surface area contributed by atoms with E-state index in [1.807, 2.05) is 57.2 Å². The number of aryl methyl sites for hydroxylation is 2. The maximum atomic E-state index is 12.6. The summed E-state index contributed by atoms with van der Waals surface area (Å²) in [7, 11) is 0. The van der Waals surface area contributed by atoms with Crippen molar-refractivity contribution in [3.63, 3.8) is 0 Å². The van der Waals surface area contributed by atoms with Crippen LogP contribution in [0.2, 0.25) is 0 Å². The van der Waals surface area contributed by atoms with Gasteiger partial charge in [0.25, 0.3) is 5.91 Å². The minimum atomic E-state index is -0.591. The Morgan fingerprint density at radius 3 is 2.46 bits per heavy atom. The number of benzene rings is 2. The summed E-state index contributed by atoms with van der Waals surface area (Å²) in [4.78, 5) is 24.2. The first-order valence-corrected chi connectivity index (χ1v) is 8.87. The smallest absolute Gasteiger partial charge is 0.265 e. The standard InChI is InChI=1S/C21H26N2O3/c1-5-19(26-17-9-7-8-14(3)12-17)21(25)22-16-11-10-15(4)18(13-16)23-20(24)6-2/h7-13,19H,5-6H2,1-4H3,(H,22,25)(H,23,24). The third-order valence-corrected chi connectivity index (χ3v) is 4.03. The van der Waals surface area contributed by atoms with Crippen LogP contribution in [0.15, 0.2) is 42.5 Å². The van der Waals surface area contributed by atoms with Gasteiger partial charge in [0.15, 0.2) is 6.10 Å². The normalized spacial score (nSPS) is 11.5. The lowest BCUT2D eigenvalue weighted by Gasteiger charge is -2.18. The van der Waals surface area contributed by atoms with Crippen LogP contribution in [0.3, 0.4) is 0 Å². The van der Waals surface area contributed by atoms with Crippen molar-refractivity contribution in [1.29, 1.82) is 0 Å². The fraction of sp³-hybridized carbons (Fsp3) is 0.333. The van der Waals surface area contributed by atoms with E-state index in [2.05, 4.69) is 10.6 Å². The van der Waals surface area contributed by atoms with Crippen molar-refractivity contribution >= 4 is 23.2 Å². The van der Waals surface area contributed by atoms with Gasteiger partial charge in [-0.2, -0.15) is 0 Å². The van der Waals surface area contributed by atoms with Gasteiger partial charge in [0, 0.05) is 17.8 Å². The second-order valence-electron chi connectivity index (χ2n) is 6.25. The predicted octanol–water partition coefficient (Wildman–Crippen LogP) is 4.45. The van der Waals surface area contributed by atoms with Crippen LogP contribution in [0.5, 0.6) is 5.75 Å². The Labute approximate surface area is 154 Å². The number of rotatable bonds is 7. The van der Waals surface area contributed by atoms with Crippen LogP contribution in [-0.2, 0) is 9.59 Å². The van der Waals surface area contributed by atoms with E-state index >= 15 is 0 Å². The maximum absolute atomic E-state index is 12.6. The van der Waals surface area contributed by atoms with Crippen LogP contribution < -0.4 is 15.4 Å². The van der Waals surface area contributed by atoms with E-state index in [-0.39, 0.29) is 11.8 Å². The fourth-order valence-corrected chi connectivity index (χ4v) is 2.47. The molecular weight excluding hydrogens is 328 g/mol. The summed E-state index contributed by atoms with van der Waals surface area (Å²) in [5.74, 6) is 0.392. The van der Waals surface area contributed by atoms with Crippen LogP contribution in [0.4, 0.5) is 11.4 Å². The molecule has 0 saturated carbocycles. The first-order valence-electron chi connectivity index (χ1n) is 8.87. The zero-order valence-electron chi connectivity index (χ0n) is 15.8. The Kier molecular flexibility index (Phi) is 6.78. The summed E-state index contributed by atoms with van der Waals surface area (Å²) in [5.41, 5.74) is 3.33. The van der Waals surface area contributed by atoms with Crippen LogP contribution in [-0.4, -0.2) is 17.9 Å². The van der Waals surface area contributed by atoms with Gasteiger partial charge in [-0.15, -0.1) is 0 Å². The van der Waals surface area contributed by atoms with Gasteiger partial charge in [0.05, 0.1) is 0 Å². The highest BCUT2D eigenvalue weighted by Gasteiger charge is 2.19. The molecule has 0 aromatic heterocycles. The molecule has 0 spiro atoms. The van der Waals surface area contributed by atoms with Crippen LogP contribution in [0, 0.1) is 13.8 Å². The molecule has 0 fully saturated rings. The summed E-state index contributed by atoms with van der Waals surface area (Å²) >= 11 is 0. The SMILES string of the molecule is CCC(=O)Nc1cc(NC(=O)C(CC)Oc2cccc(C)c2)ccc1C. The molecule has 2 N–H and O–H groups in total. The highest BCUT2D eigenvalue weighted by Crippen LogP contribution is 2.22. The third kappa shape index (κ3) is 5.34. The number of anilines is 2. The molecule has 0 aliphatic carbocycles. The minimum Gasteiger partial charge on any atom is -0.481 e. The summed E-state index contributed by atoms with van der Waals surface area (Å²) in [6.45, 7) is 7.59. The van der Waals surface area contributed by atoms with E-state index in [0.717, 1.165) is 11.1 Å². The van der Waals surface area contributed by atoms with Crippen molar-refractivity contribution in [1.82, 2.24) is 0 Å². The molecule has 2 aromatic carbocycles. The quantitative estimate of drug-likeness (QED) is 0.772. The lowest BCUT2D eigenvalue weighted by Crippen LogP contribution is -2.32. The third-order valence-electron chi connectivity index (χ3n) is 4.03. The van der Waals surface area contributed by atoms with Gasteiger partial charge in [-0.3, -0.25) is 9.59 Å². The molecule has 0 aliphatic heterocycles. The van der Waals surface area contributed by atoms with Gasteiger partial charge in [-0.1, -0.05) is 32.0 Å². The Morgan fingerprint density at radius 1 is 1.04 bits per heavy atom. The van der Waals surface area contributed by atoms with Gasteiger partial charge < -0.3 is 15.4 Å². The molecule has 5 heteroatoms. The van der Waals surface area contributed by atoms with E-state index in [1.165, 1.54) is 0 Å². The average molecular weight is 354 g/mol. The number of hydrogen-bond acceptors (Lipinski definition) is 3. The van der Waals surface area contributed by atoms with Crippen molar-refractivity contribution in [3.05, 3.63) is 53.6 Å². The number of carbonyl (C=O) groups is 2. The molecule has 2 amide bonds. The van der Waals surface area contributed by atoms with Crippen molar-refractivity contribution in [2.75, 3.05) is 10.6 Å². The van der Waals surface area contributed by atoms with Gasteiger partial charge in [0.2, 0.25) is 5.91 Å². The molecule has 26 heavy (non-hydrogen) atoms. The number of nitrogens with one attached hydrogen (secondary N) is 2. The van der Waals surface area contributed by atoms with Gasteiger partial charge in [-0.05, 0) is 55.7 Å². The Hall–Kier alpha value is -2.82. The van der Waals surface area contributed by atoms with Gasteiger partial charge in [-0.25, -0.2) is 0 Å². The van der Waals surface area contributed by atoms with E-state index in [4.69, 9.17) is 4.74 Å². The first-order chi connectivity index (χ1) is 12.4. The fourth-order valence-electron chi connectivity index (χ4n) is 2.47. The van der Waals surface area contributed by atoms with E-state index < -0.39 is 6.10 Å². The van der Waals surface area contributed by atoms with E-state index in [0.29, 0.717) is 30.0 Å². The van der Waals surface area contributed by atoms with Crippen LogP contribution in [0.25, 0.3) is 0 Å². The maximum Gasteiger partial charge on any atom is 0.265 e. The van der Waals surface area contributed by atoms with Crippen molar-refractivity contribution < 1.29 is 14.3 Å². The lowest BCUT2D eigenvalue weighted by molar-refractivity contribution is -0.122. The van der Waals surface area contributed by atoms with Gasteiger partial charge in [0.1, 0.15) is 5.75 Å². The second kappa shape index (κ2) is 9.04. The summed E-state index contributed by atoms with van der Waals surface area (Å²) < 4.78 is 5.83. The number of carbonyl (C=O) groups excluding carboxylic acids is 2. The lowest BCUT2D eigenvalue weighted by atomic mass is 10.1. The average Bonchev–Trinajstić information content (AvgIpc) is 2.62. The van der Waals surface area contributed by atoms with Gasteiger partial charge >= 0.3 is 0 Å². The summed E-state index contributed by atoms with van der Waals surface area (Å²) in [5, 5.41) is 5.71. The molecule has 0 radical (unpaired) electrons. The Bertz CT molecular complexity index is 787. The molecule has 1 unspecified atom stereocenters. The zero-order valence-corrected chi connectivity index (χ0v) is 15.8. The predicted molar refractivity (Wildman–Crippen MR) is 105 cm³/mol. The molecule has 2 rings (SSSR count). The van der Waals surface area contributed by atoms with Crippen LogP contribution >= 0.6 is 0 Å². The van der Waals surface area contributed by atoms with E-state index in [9.17, 15) is 9.59 Å². The first kappa shape index (κ1) is 19.5. The largest absolute Gasteiger partial charge is 0.481 e. The molecule has 1 atom stereocenters. The van der Waals surface area contributed by atoms with Crippen LogP contribution in [0.1, 0.15) is 37.8 Å². The zero-order chi connectivity index (χ0) is 19.1. The topological polar surface area (TPSA) is 67.4 Å². The summed E-state index contributed by atoms with van der Waals surface area (Å²) in [6, 6.07) is 13.1.